The van der Waals surface area contributed by atoms with Gasteiger partial charge in [-0.2, -0.15) is 0 Å². The molecule has 2 aliphatic heterocycles. The highest BCUT2D eigenvalue weighted by Crippen LogP contribution is 2.32. The molecule has 1 aromatic rings. The van der Waals surface area contributed by atoms with Gasteiger partial charge in [-0.15, -0.1) is 0 Å². The van der Waals surface area contributed by atoms with Crippen LogP contribution in [-0.4, -0.2) is 66.3 Å². The zero-order valence-corrected chi connectivity index (χ0v) is 14.5. The first-order valence-corrected chi connectivity index (χ1v) is 8.73. The van der Waals surface area contributed by atoms with E-state index >= 15 is 0 Å². The zero-order chi connectivity index (χ0) is 17.1. The van der Waals surface area contributed by atoms with Gasteiger partial charge in [0.15, 0.2) is 0 Å². The molecule has 128 valence electrons. The molecule has 2 aliphatic rings. The van der Waals surface area contributed by atoms with Crippen molar-refractivity contribution in [3.05, 3.63) is 41.6 Å². The monoisotopic (exact) mass is 327 g/mol. The summed E-state index contributed by atoms with van der Waals surface area (Å²) in [6, 6.07) is 9.59. The van der Waals surface area contributed by atoms with E-state index in [0.29, 0.717) is 17.8 Å². The van der Waals surface area contributed by atoms with Crippen molar-refractivity contribution in [3.63, 3.8) is 0 Å². The van der Waals surface area contributed by atoms with Crippen LogP contribution in [0.25, 0.3) is 5.57 Å². The molecule has 0 atom stereocenters. The first-order chi connectivity index (χ1) is 11.6. The van der Waals surface area contributed by atoms with Gasteiger partial charge in [-0.05, 0) is 19.0 Å². The molecule has 2 heterocycles. The number of carbonyl (C=O) groups excluding carboxylic acids is 2. The van der Waals surface area contributed by atoms with E-state index < -0.39 is 0 Å². The molecule has 0 aromatic heterocycles. The third-order valence-electron chi connectivity index (χ3n) is 4.76. The first-order valence-electron chi connectivity index (χ1n) is 8.73. The highest BCUT2D eigenvalue weighted by atomic mass is 16.2. The minimum atomic E-state index is -0.145. The molecule has 3 rings (SSSR count). The third kappa shape index (κ3) is 3.08. The topological polar surface area (TPSA) is 43.9 Å². The van der Waals surface area contributed by atoms with Crippen molar-refractivity contribution in [1.29, 1.82) is 0 Å². The van der Waals surface area contributed by atoms with Crippen LogP contribution in [0.1, 0.15) is 25.3 Å². The summed E-state index contributed by atoms with van der Waals surface area (Å²) in [5.74, 6) is -0.273. The fourth-order valence-corrected chi connectivity index (χ4v) is 3.27. The number of piperazine rings is 1. The number of benzene rings is 1. The second-order valence-corrected chi connectivity index (χ2v) is 6.50. The van der Waals surface area contributed by atoms with E-state index in [4.69, 9.17) is 0 Å². The molecule has 24 heavy (non-hydrogen) atoms. The number of nitrogens with zero attached hydrogens (tertiary/aromatic N) is 3. The van der Waals surface area contributed by atoms with E-state index in [0.717, 1.165) is 44.6 Å². The van der Waals surface area contributed by atoms with Gasteiger partial charge in [0, 0.05) is 32.7 Å². The Kier molecular flexibility index (Phi) is 5.00. The van der Waals surface area contributed by atoms with Crippen molar-refractivity contribution in [2.45, 2.75) is 19.8 Å². The SMILES string of the molecule is CCCCN1C(=O)C(c2ccccc2)=C(N2CCN(C)CC2)C1=O. The molecule has 1 aromatic carbocycles. The van der Waals surface area contributed by atoms with Gasteiger partial charge in [-0.1, -0.05) is 43.7 Å². The zero-order valence-electron chi connectivity index (χ0n) is 14.5. The van der Waals surface area contributed by atoms with Crippen molar-refractivity contribution >= 4 is 17.4 Å². The quantitative estimate of drug-likeness (QED) is 0.774. The number of rotatable bonds is 5. The molecule has 5 heteroatoms. The van der Waals surface area contributed by atoms with Gasteiger partial charge in [0.05, 0.1) is 5.57 Å². The lowest BCUT2D eigenvalue weighted by atomic mass is 10.0. The molecule has 1 fully saturated rings. The molecule has 5 nitrogen and oxygen atoms in total. The van der Waals surface area contributed by atoms with Crippen LogP contribution in [0.4, 0.5) is 0 Å². The molecule has 0 saturated carbocycles. The van der Waals surface area contributed by atoms with Crippen molar-refractivity contribution in [2.24, 2.45) is 0 Å². The Hall–Kier alpha value is -2.14. The lowest BCUT2D eigenvalue weighted by Crippen LogP contribution is -2.46. The molecule has 0 unspecified atom stereocenters. The van der Waals surface area contributed by atoms with Crippen LogP contribution in [0.5, 0.6) is 0 Å². The van der Waals surface area contributed by atoms with E-state index in [1.54, 1.807) is 0 Å². The van der Waals surface area contributed by atoms with Gasteiger partial charge in [0.25, 0.3) is 11.8 Å². The summed E-state index contributed by atoms with van der Waals surface area (Å²) in [5.41, 5.74) is 2.00. The Bertz CT molecular complexity index is 646. The lowest BCUT2D eigenvalue weighted by molar-refractivity contribution is -0.137. The summed E-state index contributed by atoms with van der Waals surface area (Å²) in [5, 5.41) is 0. The molecule has 0 bridgehead atoms. The minimum absolute atomic E-state index is 0.128. The second-order valence-electron chi connectivity index (χ2n) is 6.50. The van der Waals surface area contributed by atoms with Gasteiger partial charge in [0.2, 0.25) is 0 Å². The third-order valence-corrected chi connectivity index (χ3v) is 4.76. The fourth-order valence-electron chi connectivity index (χ4n) is 3.27. The maximum absolute atomic E-state index is 13.0. The van der Waals surface area contributed by atoms with Crippen LogP contribution in [0, 0.1) is 0 Å². The van der Waals surface area contributed by atoms with E-state index in [2.05, 4.69) is 23.8 Å². The smallest absolute Gasteiger partial charge is 0.277 e. The van der Waals surface area contributed by atoms with Crippen molar-refractivity contribution in [2.75, 3.05) is 39.8 Å². The minimum Gasteiger partial charge on any atom is -0.364 e. The highest BCUT2D eigenvalue weighted by Gasteiger charge is 2.41. The molecule has 0 radical (unpaired) electrons. The Labute approximate surface area is 143 Å². The normalized spacial score (nSPS) is 19.6. The first kappa shape index (κ1) is 16.7. The summed E-state index contributed by atoms with van der Waals surface area (Å²) in [7, 11) is 2.08. The van der Waals surface area contributed by atoms with Crippen LogP contribution < -0.4 is 0 Å². The van der Waals surface area contributed by atoms with Gasteiger partial charge >= 0.3 is 0 Å². The number of unbranched alkanes of at least 4 members (excludes halogenated alkanes) is 1. The molecule has 0 spiro atoms. The maximum atomic E-state index is 13.0. The largest absolute Gasteiger partial charge is 0.364 e. The van der Waals surface area contributed by atoms with Gasteiger partial charge in [-0.25, -0.2) is 0 Å². The standard InChI is InChI=1S/C19H25N3O2/c1-3-4-10-22-18(23)16(15-8-6-5-7-9-15)17(19(22)24)21-13-11-20(2)12-14-21/h5-9H,3-4,10-14H2,1-2H3. The lowest BCUT2D eigenvalue weighted by Gasteiger charge is -2.34. The predicted octanol–water partition coefficient (Wildman–Crippen LogP) is 1.81. The molecule has 0 aliphatic carbocycles. The summed E-state index contributed by atoms with van der Waals surface area (Å²) in [6.45, 7) is 5.94. The number of imide groups is 1. The molecular weight excluding hydrogens is 302 g/mol. The van der Waals surface area contributed by atoms with E-state index in [9.17, 15) is 9.59 Å². The van der Waals surface area contributed by atoms with Gasteiger partial charge in [0.1, 0.15) is 5.70 Å². The number of hydrogen-bond donors (Lipinski definition) is 0. The van der Waals surface area contributed by atoms with Crippen LogP contribution >= 0.6 is 0 Å². The van der Waals surface area contributed by atoms with Crippen LogP contribution in [0.15, 0.2) is 36.0 Å². The Morgan fingerprint density at radius 1 is 0.958 bits per heavy atom. The van der Waals surface area contributed by atoms with E-state index in [-0.39, 0.29) is 11.8 Å². The molecular formula is C19H25N3O2. The highest BCUT2D eigenvalue weighted by molar-refractivity contribution is 6.35. The van der Waals surface area contributed by atoms with E-state index in [1.165, 1.54) is 4.90 Å². The summed E-state index contributed by atoms with van der Waals surface area (Å²) in [4.78, 5) is 31.7. The average molecular weight is 327 g/mol. The second kappa shape index (κ2) is 7.18. The summed E-state index contributed by atoms with van der Waals surface area (Å²) in [6.07, 6.45) is 1.80. The Balaban J connectivity index is 1.98. The number of carbonyl (C=O) groups is 2. The number of amides is 2. The van der Waals surface area contributed by atoms with Crippen molar-refractivity contribution < 1.29 is 9.59 Å². The molecule has 0 N–H and O–H groups in total. The van der Waals surface area contributed by atoms with Crippen LogP contribution in [-0.2, 0) is 9.59 Å². The van der Waals surface area contributed by atoms with Gasteiger partial charge < -0.3 is 9.80 Å². The van der Waals surface area contributed by atoms with Crippen molar-refractivity contribution in [3.8, 4) is 0 Å². The Morgan fingerprint density at radius 3 is 2.25 bits per heavy atom. The predicted molar refractivity (Wildman–Crippen MR) is 94.1 cm³/mol. The number of likely N-dealkylation sites (N-methyl/N-ethyl adjacent to an activating group) is 1. The molecule has 2 amide bonds. The fraction of sp³-hybridized carbons (Fsp3) is 0.474. The number of hydrogen-bond acceptors (Lipinski definition) is 4. The van der Waals surface area contributed by atoms with Gasteiger partial charge in [-0.3, -0.25) is 14.5 Å². The van der Waals surface area contributed by atoms with Crippen LogP contribution in [0.2, 0.25) is 0 Å². The Morgan fingerprint density at radius 2 is 1.62 bits per heavy atom. The van der Waals surface area contributed by atoms with E-state index in [1.807, 2.05) is 30.3 Å². The maximum Gasteiger partial charge on any atom is 0.277 e. The van der Waals surface area contributed by atoms with Crippen molar-refractivity contribution in [1.82, 2.24) is 14.7 Å². The summed E-state index contributed by atoms with van der Waals surface area (Å²) < 4.78 is 0. The summed E-state index contributed by atoms with van der Waals surface area (Å²) >= 11 is 0. The average Bonchev–Trinajstić information content (AvgIpc) is 2.85. The van der Waals surface area contributed by atoms with Crippen LogP contribution in [0.3, 0.4) is 0 Å². The molecule has 1 saturated heterocycles.